The molecule has 5 nitrogen and oxygen atoms in total. The Balaban J connectivity index is 1.11. The minimum absolute atomic E-state index is 0.0846. The normalized spacial score (nSPS) is 23.2. The molecule has 1 saturated heterocycles. The van der Waals surface area contributed by atoms with Crippen LogP contribution in [0.25, 0.3) is 11.1 Å². The van der Waals surface area contributed by atoms with Gasteiger partial charge in [0.1, 0.15) is 12.3 Å². The molecule has 3 aromatic rings. The Hall–Kier alpha value is -3.15. The van der Waals surface area contributed by atoms with E-state index in [0.29, 0.717) is 12.2 Å². The summed E-state index contributed by atoms with van der Waals surface area (Å²) in [6.45, 7) is 3.34. The highest BCUT2D eigenvalue weighted by Gasteiger charge is 2.49. The van der Waals surface area contributed by atoms with E-state index in [4.69, 9.17) is 9.47 Å². The predicted octanol–water partition coefficient (Wildman–Crippen LogP) is 5.96. The highest BCUT2D eigenvalue weighted by Crippen LogP contribution is 2.42. The zero-order valence-electron chi connectivity index (χ0n) is 22.4. The molecule has 1 saturated carbocycles. The minimum atomic E-state index is -1.56. The maximum atomic E-state index is 13.5. The van der Waals surface area contributed by atoms with Gasteiger partial charge in [0.2, 0.25) is 0 Å². The lowest BCUT2D eigenvalue weighted by molar-refractivity contribution is -0.899. The summed E-state index contributed by atoms with van der Waals surface area (Å²) in [5, 5.41) is 11.7. The van der Waals surface area contributed by atoms with Crippen molar-refractivity contribution < 1.29 is 23.9 Å². The molecule has 0 bridgehead atoms. The molecular weight excluding hydrogens is 474 g/mol. The van der Waals surface area contributed by atoms with Crippen molar-refractivity contribution in [2.45, 2.75) is 50.2 Å². The highest BCUT2D eigenvalue weighted by molar-refractivity contribution is 5.81. The average Bonchev–Trinajstić information content (AvgIpc) is 3.63. The number of nitrogens with zero attached hydrogens (tertiary/aromatic N) is 1. The molecule has 2 fully saturated rings. The number of hydrogen-bond acceptors (Lipinski definition) is 4. The molecule has 2 aliphatic rings. The number of ether oxygens (including phenoxy) is 2. The summed E-state index contributed by atoms with van der Waals surface area (Å²) >= 11 is 0. The Labute approximate surface area is 226 Å². The van der Waals surface area contributed by atoms with Crippen molar-refractivity contribution in [3.8, 4) is 16.9 Å². The van der Waals surface area contributed by atoms with Crippen LogP contribution in [-0.2, 0) is 15.1 Å². The molecule has 3 aromatic carbocycles. The van der Waals surface area contributed by atoms with Gasteiger partial charge in [0, 0.05) is 18.8 Å². The molecule has 5 heteroatoms. The third-order valence-corrected chi connectivity index (χ3v) is 8.45. The third-order valence-electron chi connectivity index (χ3n) is 8.45. The number of carbonyl (C=O) groups is 1. The molecule has 3 atom stereocenters. The van der Waals surface area contributed by atoms with Gasteiger partial charge in [-0.05, 0) is 41.7 Å². The number of quaternary nitrogens is 1. The van der Waals surface area contributed by atoms with E-state index < -0.39 is 11.6 Å². The minimum Gasteiger partial charge on any atom is -0.493 e. The lowest BCUT2D eigenvalue weighted by Gasteiger charge is -2.33. The number of likely N-dealkylation sites (tertiary alicyclic amines) is 1. The second-order valence-corrected chi connectivity index (χ2v) is 11.3. The van der Waals surface area contributed by atoms with Gasteiger partial charge in [0.05, 0.1) is 26.7 Å². The molecule has 5 rings (SSSR count). The van der Waals surface area contributed by atoms with Gasteiger partial charge in [0.25, 0.3) is 0 Å². The van der Waals surface area contributed by atoms with E-state index in [1.807, 2.05) is 60.7 Å². The predicted molar refractivity (Wildman–Crippen MR) is 150 cm³/mol. The van der Waals surface area contributed by atoms with Crippen LogP contribution in [0.4, 0.5) is 0 Å². The van der Waals surface area contributed by atoms with Crippen molar-refractivity contribution in [1.82, 2.24) is 0 Å². The summed E-state index contributed by atoms with van der Waals surface area (Å²) in [4.78, 5) is 13.5. The van der Waals surface area contributed by atoms with Crippen LogP contribution in [0.3, 0.4) is 0 Å². The number of rotatable bonds is 10. The monoisotopic (exact) mass is 514 g/mol. The first kappa shape index (κ1) is 26.5. The summed E-state index contributed by atoms with van der Waals surface area (Å²) in [5.41, 5.74) is 1.47. The van der Waals surface area contributed by atoms with Crippen molar-refractivity contribution in [3.05, 3.63) is 90.5 Å². The highest BCUT2D eigenvalue weighted by atomic mass is 16.6. The van der Waals surface area contributed by atoms with Crippen molar-refractivity contribution in [1.29, 1.82) is 0 Å². The zero-order valence-corrected chi connectivity index (χ0v) is 22.4. The Morgan fingerprint density at radius 3 is 2.21 bits per heavy atom. The topological polar surface area (TPSA) is 55.8 Å². The summed E-state index contributed by atoms with van der Waals surface area (Å²) in [7, 11) is 2.23. The maximum absolute atomic E-state index is 13.5. The Morgan fingerprint density at radius 2 is 1.53 bits per heavy atom. The smallest absolute Gasteiger partial charge is 0.343 e. The first-order chi connectivity index (χ1) is 18.5. The first-order valence-electron chi connectivity index (χ1n) is 14.1. The lowest BCUT2D eigenvalue weighted by Crippen LogP contribution is -2.47. The van der Waals surface area contributed by atoms with Crippen LogP contribution < -0.4 is 4.74 Å². The first-order valence-corrected chi connectivity index (χ1v) is 14.1. The fourth-order valence-electron chi connectivity index (χ4n) is 6.24. The summed E-state index contributed by atoms with van der Waals surface area (Å²) in [5.74, 6) is 0.322. The molecule has 0 spiro atoms. The van der Waals surface area contributed by atoms with Gasteiger partial charge in [-0.1, -0.05) is 85.6 Å². The molecule has 0 radical (unpaired) electrons. The molecule has 1 heterocycles. The Bertz CT molecular complexity index is 1180. The number of carbonyl (C=O) groups excluding carboxylic acids is 1. The Kier molecular flexibility index (Phi) is 8.15. The molecule has 200 valence electrons. The maximum Gasteiger partial charge on any atom is 0.343 e. The second-order valence-electron chi connectivity index (χ2n) is 11.3. The second kappa shape index (κ2) is 11.7. The van der Waals surface area contributed by atoms with Crippen LogP contribution in [-0.4, -0.2) is 55.0 Å². The summed E-state index contributed by atoms with van der Waals surface area (Å²) in [6.07, 6.45) is 5.38. The molecule has 0 amide bonds. The van der Waals surface area contributed by atoms with E-state index >= 15 is 0 Å². The lowest BCUT2D eigenvalue weighted by atomic mass is 9.80. The SMILES string of the molecule is C[N+]1(CCCOc2ccc(-c3ccccc3)cc2)CC[C@@H](OC(=O)[C@](O)(c2ccccc2)C2CCCC2)C1. The van der Waals surface area contributed by atoms with Crippen LogP contribution in [0.15, 0.2) is 84.9 Å². The van der Waals surface area contributed by atoms with Crippen molar-refractivity contribution >= 4 is 5.97 Å². The van der Waals surface area contributed by atoms with Crippen LogP contribution in [0.2, 0.25) is 0 Å². The molecule has 1 aliphatic heterocycles. The van der Waals surface area contributed by atoms with E-state index in [9.17, 15) is 9.90 Å². The van der Waals surface area contributed by atoms with Crippen molar-refractivity contribution in [2.24, 2.45) is 5.92 Å². The van der Waals surface area contributed by atoms with Gasteiger partial charge in [-0.15, -0.1) is 0 Å². The van der Waals surface area contributed by atoms with E-state index in [1.54, 1.807) is 0 Å². The fourth-order valence-corrected chi connectivity index (χ4v) is 6.24. The van der Waals surface area contributed by atoms with Crippen LogP contribution >= 0.6 is 0 Å². The fraction of sp³-hybridized carbons (Fsp3) is 0.424. The van der Waals surface area contributed by atoms with Gasteiger partial charge < -0.3 is 19.1 Å². The number of aliphatic hydroxyl groups is 1. The number of esters is 1. The van der Waals surface area contributed by atoms with E-state index in [0.717, 1.165) is 68.4 Å². The van der Waals surface area contributed by atoms with Gasteiger partial charge in [-0.25, -0.2) is 4.79 Å². The number of benzene rings is 3. The van der Waals surface area contributed by atoms with Crippen LogP contribution in [0.1, 0.15) is 44.1 Å². The molecule has 1 unspecified atom stereocenters. The number of likely N-dealkylation sites (N-methyl/N-ethyl adjacent to an activating group) is 1. The van der Waals surface area contributed by atoms with Crippen LogP contribution in [0.5, 0.6) is 5.75 Å². The third kappa shape index (κ3) is 5.95. The van der Waals surface area contributed by atoms with E-state index in [-0.39, 0.29) is 12.0 Å². The molecule has 0 aromatic heterocycles. The van der Waals surface area contributed by atoms with Crippen molar-refractivity contribution in [2.75, 3.05) is 33.3 Å². The molecule has 1 aliphatic carbocycles. The summed E-state index contributed by atoms with van der Waals surface area (Å²) < 4.78 is 12.9. The standard InChI is InChI=1S/C33H40NO4/c1-34(22-10-24-37-30-19-17-27(18-20-30)26-11-4-2-5-12-26)23-21-31(25-34)38-32(35)33(36,29-15-8-9-16-29)28-13-6-3-7-14-28/h2-7,11-14,17-20,29,31,36H,8-10,15-16,21-25H2,1H3/q+1/t31-,33+,34?/m1/s1. The average molecular weight is 515 g/mol. The van der Waals surface area contributed by atoms with Crippen LogP contribution in [0, 0.1) is 5.92 Å². The van der Waals surface area contributed by atoms with E-state index in [1.165, 1.54) is 11.1 Å². The Morgan fingerprint density at radius 1 is 0.895 bits per heavy atom. The van der Waals surface area contributed by atoms with Gasteiger partial charge >= 0.3 is 5.97 Å². The summed E-state index contributed by atoms with van der Waals surface area (Å²) in [6, 6.07) is 28.0. The zero-order chi connectivity index (χ0) is 26.4. The van der Waals surface area contributed by atoms with Gasteiger partial charge in [-0.3, -0.25) is 0 Å². The quantitative estimate of drug-likeness (QED) is 0.206. The molecule has 38 heavy (non-hydrogen) atoms. The molecule has 1 N–H and O–H groups in total. The van der Waals surface area contributed by atoms with E-state index in [2.05, 4.69) is 31.3 Å². The van der Waals surface area contributed by atoms with Crippen molar-refractivity contribution in [3.63, 3.8) is 0 Å². The molecular formula is C33H40NO4+. The largest absolute Gasteiger partial charge is 0.493 e. The van der Waals surface area contributed by atoms with Gasteiger partial charge in [0.15, 0.2) is 11.7 Å². The number of hydrogen-bond donors (Lipinski definition) is 1. The van der Waals surface area contributed by atoms with Gasteiger partial charge in [-0.2, -0.15) is 0 Å².